The van der Waals surface area contributed by atoms with Crippen molar-refractivity contribution in [1.82, 2.24) is 9.97 Å². The molecule has 0 bridgehead atoms. The van der Waals surface area contributed by atoms with E-state index in [-0.39, 0.29) is 0 Å². The van der Waals surface area contributed by atoms with Gasteiger partial charge in [0.25, 0.3) is 0 Å². The van der Waals surface area contributed by atoms with Crippen molar-refractivity contribution in [2.24, 2.45) is 5.84 Å². The largest absolute Gasteiger partial charge is 0.356 e. The van der Waals surface area contributed by atoms with E-state index < -0.39 is 0 Å². The topological polar surface area (TPSA) is 67.1 Å². The number of hydrazine groups is 1. The average molecular weight is 314 g/mol. The Bertz CT molecular complexity index is 390. The zero-order chi connectivity index (χ0) is 13.0. The molecule has 1 aromatic rings. The van der Waals surface area contributed by atoms with Crippen molar-refractivity contribution in [2.75, 3.05) is 17.4 Å². The van der Waals surface area contributed by atoms with Gasteiger partial charge in [0.2, 0.25) is 5.95 Å². The lowest BCUT2D eigenvalue weighted by atomic mass is 10.1. The summed E-state index contributed by atoms with van der Waals surface area (Å²) >= 11 is 3.51. The third-order valence-corrected chi connectivity index (χ3v) is 4.12. The minimum Gasteiger partial charge on any atom is -0.356 e. The van der Waals surface area contributed by atoms with Crippen LogP contribution in [0, 0.1) is 0 Å². The maximum absolute atomic E-state index is 5.36. The minimum absolute atomic E-state index is 0.452. The first-order valence-corrected chi connectivity index (χ1v) is 7.23. The predicted octanol–water partition coefficient (Wildman–Crippen LogP) is 2.68. The Labute approximate surface area is 116 Å². The lowest BCUT2D eigenvalue weighted by Crippen LogP contribution is -2.32. The van der Waals surface area contributed by atoms with Crippen molar-refractivity contribution in [3.05, 3.63) is 10.7 Å². The minimum atomic E-state index is 0.452. The summed E-state index contributed by atoms with van der Waals surface area (Å²) in [5.41, 5.74) is 2.49. The van der Waals surface area contributed by atoms with Gasteiger partial charge in [0.05, 0.1) is 4.47 Å². The number of anilines is 2. The van der Waals surface area contributed by atoms with E-state index in [1.165, 1.54) is 38.5 Å². The number of nitrogens with one attached hydrogen (secondary N) is 1. The second-order valence-corrected chi connectivity index (χ2v) is 5.62. The van der Waals surface area contributed by atoms with Gasteiger partial charge in [0.15, 0.2) is 0 Å². The lowest BCUT2D eigenvalue weighted by molar-refractivity contribution is 0.548. The highest BCUT2D eigenvalue weighted by Gasteiger charge is 2.20. The molecule has 1 aliphatic rings. The molecule has 2 rings (SSSR count). The fourth-order valence-electron chi connectivity index (χ4n) is 2.49. The molecule has 18 heavy (non-hydrogen) atoms. The number of nitrogens with two attached hydrogens (primary N) is 1. The van der Waals surface area contributed by atoms with Gasteiger partial charge < -0.3 is 4.90 Å². The molecular weight excluding hydrogens is 294 g/mol. The van der Waals surface area contributed by atoms with Crippen molar-refractivity contribution in [1.29, 1.82) is 0 Å². The Kier molecular flexibility index (Phi) is 4.77. The molecule has 0 spiro atoms. The van der Waals surface area contributed by atoms with Crippen LogP contribution < -0.4 is 16.2 Å². The molecule has 1 fully saturated rings. The van der Waals surface area contributed by atoms with E-state index in [2.05, 4.69) is 43.3 Å². The van der Waals surface area contributed by atoms with Crippen LogP contribution in [-0.4, -0.2) is 23.1 Å². The molecule has 0 amide bonds. The molecule has 1 aliphatic carbocycles. The molecular formula is C12H20BrN5. The maximum Gasteiger partial charge on any atom is 0.239 e. The van der Waals surface area contributed by atoms with Gasteiger partial charge in [-0.3, -0.25) is 5.43 Å². The van der Waals surface area contributed by atoms with Gasteiger partial charge in [-0.05, 0) is 28.8 Å². The van der Waals surface area contributed by atoms with E-state index in [1.807, 2.05) is 0 Å². The fraction of sp³-hybridized carbons (Fsp3) is 0.667. The van der Waals surface area contributed by atoms with Gasteiger partial charge in [-0.1, -0.05) is 25.7 Å². The SMILES string of the molecule is CN(c1nc(NN)ncc1Br)C1CCCCCC1. The molecule has 0 aromatic carbocycles. The van der Waals surface area contributed by atoms with Crippen LogP contribution in [0.4, 0.5) is 11.8 Å². The third kappa shape index (κ3) is 3.11. The monoisotopic (exact) mass is 313 g/mol. The molecule has 0 radical (unpaired) electrons. The zero-order valence-corrected chi connectivity index (χ0v) is 12.3. The first kappa shape index (κ1) is 13.5. The number of hydrogen-bond acceptors (Lipinski definition) is 5. The second kappa shape index (κ2) is 6.33. The summed E-state index contributed by atoms with van der Waals surface area (Å²) in [4.78, 5) is 10.8. The Balaban J connectivity index is 2.18. The highest BCUT2D eigenvalue weighted by molar-refractivity contribution is 9.10. The van der Waals surface area contributed by atoms with Gasteiger partial charge in [-0.2, -0.15) is 4.98 Å². The van der Waals surface area contributed by atoms with Crippen LogP contribution in [-0.2, 0) is 0 Å². The van der Waals surface area contributed by atoms with Gasteiger partial charge in [0.1, 0.15) is 5.82 Å². The van der Waals surface area contributed by atoms with Crippen LogP contribution in [0.5, 0.6) is 0 Å². The molecule has 0 aliphatic heterocycles. The average Bonchev–Trinajstić information content (AvgIpc) is 2.67. The summed E-state index contributed by atoms with van der Waals surface area (Å²) in [6.07, 6.45) is 9.52. The van der Waals surface area contributed by atoms with Crippen LogP contribution >= 0.6 is 15.9 Å². The first-order valence-electron chi connectivity index (χ1n) is 6.44. The van der Waals surface area contributed by atoms with Crippen molar-refractivity contribution in [3.8, 4) is 0 Å². The van der Waals surface area contributed by atoms with Crippen LogP contribution in [0.3, 0.4) is 0 Å². The van der Waals surface area contributed by atoms with Gasteiger partial charge >= 0.3 is 0 Å². The number of nitrogen functional groups attached to an aromatic ring is 1. The number of hydrogen-bond donors (Lipinski definition) is 2. The van der Waals surface area contributed by atoms with Gasteiger partial charge in [-0.25, -0.2) is 10.8 Å². The van der Waals surface area contributed by atoms with E-state index in [0.29, 0.717) is 12.0 Å². The van der Waals surface area contributed by atoms with Crippen molar-refractivity contribution in [3.63, 3.8) is 0 Å². The Morgan fingerprint density at radius 1 is 1.33 bits per heavy atom. The Morgan fingerprint density at radius 3 is 2.61 bits per heavy atom. The number of nitrogens with zero attached hydrogens (tertiary/aromatic N) is 3. The molecule has 6 heteroatoms. The van der Waals surface area contributed by atoms with Crippen LogP contribution in [0.2, 0.25) is 0 Å². The van der Waals surface area contributed by atoms with Crippen molar-refractivity contribution < 1.29 is 0 Å². The quantitative estimate of drug-likeness (QED) is 0.510. The Hall–Kier alpha value is -0.880. The lowest BCUT2D eigenvalue weighted by Gasteiger charge is -2.29. The second-order valence-electron chi connectivity index (χ2n) is 4.77. The van der Waals surface area contributed by atoms with Crippen LogP contribution in [0.15, 0.2) is 10.7 Å². The number of halogens is 1. The summed E-state index contributed by atoms with van der Waals surface area (Å²) < 4.78 is 0.910. The van der Waals surface area contributed by atoms with E-state index in [1.54, 1.807) is 6.20 Å². The number of rotatable bonds is 3. The third-order valence-electron chi connectivity index (χ3n) is 3.56. The molecule has 1 heterocycles. The van der Waals surface area contributed by atoms with Crippen LogP contribution in [0.25, 0.3) is 0 Å². The summed E-state index contributed by atoms with van der Waals surface area (Å²) in [6.45, 7) is 0. The van der Waals surface area contributed by atoms with Gasteiger partial charge in [0, 0.05) is 19.3 Å². The summed E-state index contributed by atoms with van der Waals surface area (Å²) in [5, 5.41) is 0. The van der Waals surface area contributed by atoms with E-state index in [4.69, 9.17) is 5.84 Å². The molecule has 1 saturated carbocycles. The Morgan fingerprint density at radius 2 is 2.00 bits per heavy atom. The summed E-state index contributed by atoms with van der Waals surface area (Å²) in [5.74, 6) is 6.72. The molecule has 3 N–H and O–H groups in total. The predicted molar refractivity (Wildman–Crippen MR) is 77.4 cm³/mol. The van der Waals surface area contributed by atoms with Crippen molar-refractivity contribution in [2.45, 2.75) is 44.6 Å². The molecule has 0 saturated heterocycles. The highest BCUT2D eigenvalue weighted by atomic mass is 79.9. The van der Waals surface area contributed by atoms with Gasteiger partial charge in [-0.15, -0.1) is 0 Å². The summed E-state index contributed by atoms with van der Waals surface area (Å²) in [6, 6.07) is 0.560. The van der Waals surface area contributed by atoms with E-state index in [0.717, 1.165) is 10.3 Å². The molecule has 1 aromatic heterocycles. The van der Waals surface area contributed by atoms with Crippen LogP contribution in [0.1, 0.15) is 38.5 Å². The zero-order valence-electron chi connectivity index (χ0n) is 10.7. The smallest absolute Gasteiger partial charge is 0.239 e. The fourth-order valence-corrected chi connectivity index (χ4v) is 2.96. The van der Waals surface area contributed by atoms with Crippen molar-refractivity contribution >= 4 is 27.7 Å². The van der Waals surface area contributed by atoms with E-state index in [9.17, 15) is 0 Å². The molecule has 5 nitrogen and oxygen atoms in total. The molecule has 0 atom stereocenters. The highest BCUT2D eigenvalue weighted by Crippen LogP contribution is 2.29. The normalized spacial score (nSPS) is 17.3. The number of aromatic nitrogens is 2. The summed E-state index contributed by atoms with van der Waals surface area (Å²) in [7, 11) is 2.10. The first-order chi connectivity index (χ1) is 8.72. The molecule has 0 unspecified atom stereocenters. The van der Waals surface area contributed by atoms with E-state index >= 15 is 0 Å². The maximum atomic E-state index is 5.36. The standard InChI is InChI=1S/C12H20BrN5/c1-18(9-6-4-2-3-5-7-9)11-10(13)8-15-12(16-11)17-14/h8-9H,2-7,14H2,1H3,(H,15,16,17). The molecule has 100 valence electrons.